The van der Waals surface area contributed by atoms with Crippen molar-refractivity contribution in [1.82, 2.24) is 10.2 Å². The first-order chi connectivity index (χ1) is 13.9. The van der Waals surface area contributed by atoms with Crippen molar-refractivity contribution in [2.45, 2.75) is 19.3 Å². The molecule has 2 aromatic rings. The quantitative estimate of drug-likeness (QED) is 0.455. The molecule has 1 aliphatic heterocycles. The smallest absolute Gasteiger partial charge is 0.270 e. The molecular formula is C21H20ClN3O4. The van der Waals surface area contributed by atoms with E-state index in [4.69, 9.17) is 11.6 Å². The number of amides is 2. The second-order valence-electron chi connectivity index (χ2n) is 6.72. The molecule has 150 valence electrons. The van der Waals surface area contributed by atoms with Gasteiger partial charge in [0, 0.05) is 35.8 Å². The van der Waals surface area contributed by atoms with Crippen molar-refractivity contribution in [1.29, 1.82) is 0 Å². The predicted octanol–water partition coefficient (Wildman–Crippen LogP) is 4.03. The molecule has 1 saturated heterocycles. The fraction of sp³-hybridized carbons (Fsp3) is 0.238. The summed E-state index contributed by atoms with van der Waals surface area (Å²) in [5.74, 6) is -0.764. The first-order valence-electron chi connectivity index (χ1n) is 9.26. The minimum absolute atomic E-state index is 0.108. The predicted molar refractivity (Wildman–Crippen MR) is 110 cm³/mol. The van der Waals surface area contributed by atoms with Crippen LogP contribution in [-0.2, 0) is 4.79 Å². The summed E-state index contributed by atoms with van der Waals surface area (Å²) in [6.07, 6.45) is 4.54. The van der Waals surface area contributed by atoms with Crippen LogP contribution in [0.15, 0.2) is 54.2 Å². The van der Waals surface area contributed by atoms with Gasteiger partial charge in [-0.05, 0) is 55.2 Å². The number of hydrogen-bond acceptors (Lipinski definition) is 4. The Kier molecular flexibility index (Phi) is 6.61. The van der Waals surface area contributed by atoms with Crippen LogP contribution >= 0.6 is 11.6 Å². The van der Waals surface area contributed by atoms with E-state index in [9.17, 15) is 19.7 Å². The van der Waals surface area contributed by atoms with Gasteiger partial charge >= 0.3 is 0 Å². The average Bonchev–Trinajstić information content (AvgIpc) is 2.75. The molecule has 0 aromatic heterocycles. The average molecular weight is 414 g/mol. The van der Waals surface area contributed by atoms with Crippen molar-refractivity contribution in [3.05, 3.63) is 80.5 Å². The molecule has 0 saturated carbocycles. The van der Waals surface area contributed by atoms with Crippen LogP contribution in [0.1, 0.15) is 35.2 Å². The normalized spacial score (nSPS) is 14.4. The summed E-state index contributed by atoms with van der Waals surface area (Å²) < 4.78 is 0. The van der Waals surface area contributed by atoms with E-state index in [-0.39, 0.29) is 22.9 Å². The Labute approximate surface area is 173 Å². The first kappa shape index (κ1) is 20.5. The van der Waals surface area contributed by atoms with E-state index in [0.29, 0.717) is 18.1 Å². The topological polar surface area (TPSA) is 92.6 Å². The number of hydrogen-bond donors (Lipinski definition) is 1. The molecule has 0 atom stereocenters. The molecular weight excluding hydrogens is 394 g/mol. The molecule has 0 aliphatic carbocycles. The van der Waals surface area contributed by atoms with Crippen LogP contribution < -0.4 is 5.32 Å². The Hall–Kier alpha value is -3.19. The lowest BCUT2D eigenvalue weighted by Crippen LogP contribution is -2.41. The van der Waals surface area contributed by atoms with Gasteiger partial charge in [0.2, 0.25) is 0 Å². The molecule has 0 bridgehead atoms. The fourth-order valence-corrected chi connectivity index (χ4v) is 3.20. The fourth-order valence-electron chi connectivity index (χ4n) is 3.07. The van der Waals surface area contributed by atoms with Gasteiger partial charge in [0.05, 0.1) is 4.92 Å². The zero-order chi connectivity index (χ0) is 20.8. The highest BCUT2D eigenvalue weighted by molar-refractivity contribution is 6.30. The number of halogens is 1. The molecule has 1 fully saturated rings. The Morgan fingerprint density at radius 1 is 1.00 bits per heavy atom. The van der Waals surface area contributed by atoms with E-state index in [1.165, 1.54) is 24.3 Å². The van der Waals surface area contributed by atoms with Crippen LogP contribution in [0.25, 0.3) is 6.08 Å². The van der Waals surface area contributed by atoms with Gasteiger partial charge in [-0.2, -0.15) is 0 Å². The molecule has 2 aromatic carbocycles. The molecule has 0 spiro atoms. The van der Waals surface area contributed by atoms with Crippen molar-refractivity contribution >= 4 is 35.2 Å². The third kappa shape index (κ3) is 5.42. The van der Waals surface area contributed by atoms with Gasteiger partial charge < -0.3 is 10.2 Å². The van der Waals surface area contributed by atoms with Crippen LogP contribution in [0.5, 0.6) is 0 Å². The summed E-state index contributed by atoms with van der Waals surface area (Å²) in [4.78, 5) is 37.6. The second kappa shape index (κ2) is 9.34. The number of piperidine rings is 1. The molecule has 29 heavy (non-hydrogen) atoms. The van der Waals surface area contributed by atoms with Gasteiger partial charge in [-0.1, -0.05) is 23.7 Å². The second-order valence-corrected chi connectivity index (χ2v) is 7.16. The number of nitrogens with zero attached hydrogens (tertiary/aromatic N) is 2. The summed E-state index contributed by atoms with van der Waals surface area (Å²) >= 11 is 5.92. The van der Waals surface area contributed by atoms with Crippen molar-refractivity contribution in [3.8, 4) is 0 Å². The van der Waals surface area contributed by atoms with Gasteiger partial charge in [-0.3, -0.25) is 19.7 Å². The lowest BCUT2D eigenvalue weighted by Gasteiger charge is -2.27. The third-order valence-electron chi connectivity index (χ3n) is 4.64. The number of carbonyl (C=O) groups is 2. The SMILES string of the molecule is O=C(NC(=Cc1ccc(Cl)cc1)C(=O)N1CCCCC1)c1ccc([N+](=O)[O-])cc1. The summed E-state index contributed by atoms with van der Waals surface area (Å²) in [5, 5.41) is 14.0. The van der Waals surface area contributed by atoms with E-state index in [0.717, 1.165) is 24.8 Å². The van der Waals surface area contributed by atoms with Crippen molar-refractivity contribution in [3.63, 3.8) is 0 Å². The lowest BCUT2D eigenvalue weighted by atomic mass is 10.1. The molecule has 1 heterocycles. The zero-order valence-corrected chi connectivity index (χ0v) is 16.4. The van der Waals surface area contributed by atoms with Gasteiger partial charge in [0.15, 0.2) is 0 Å². The lowest BCUT2D eigenvalue weighted by molar-refractivity contribution is -0.384. The summed E-state index contributed by atoms with van der Waals surface area (Å²) in [7, 11) is 0. The highest BCUT2D eigenvalue weighted by Crippen LogP contribution is 2.17. The van der Waals surface area contributed by atoms with E-state index < -0.39 is 10.8 Å². The maximum absolute atomic E-state index is 13.0. The molecule has 0 radical (unpaired) electrons. The van der Waals surface area contributed by atoms with Crippen LogP contribution in [0.2, 0.25) is 5.02 Å². The number of likely N-dealkylation sites (tertiary alicyclic amines) is 1. The maximum Gasteiger partial charge on any atom is 0.270 e. The molecule has 2 amide bonds. The van der Waals surface area contributed by atoms with Gasteiger partial charge in [-0.15, -0.1) is 0 Å². The Morgan fingerprint density at radius 3 is 2.21 bits per heavy atom. The number of rotatable bonds is 5. The first-order valence-corrected chi connectivity index (χ1v) is 9.64. The summed E-state index contributed by atoms with van der Waals surface area (Å²) in [6, 6.07) is 12.1. The highest BCUT2D eigenvalue weighted by Gasteiger charge is 2.22. The van der Waals surface area contributed by atoms with Crippen molar-refractivity contribution in [2.24, 2.45) is 0 Å². The Morgan fingerprint density at radius 2 is 1.62 bits per heavy atom. The van der Waals surface area contributed by atoms with Crippen LogP contribution in [0, 0.1) is 10.1 Å². The molecule has 1 aliphatic rings. The van der Waals surface area contributed by atoms with Gasteiger partial charge in [-0.25, -0.2) is 0 Å². The van der Waals surface area contributed by atoms with E-state index in [1.54, 1.807) is 35.2 Å². The number of carbonyl (C=O) groups excluding carboxylic acids is 2. The van der Waals surface area contributed by atoms with Gasteiger partial charge in [0.1, 0.15) is 5.70 Å². The standard InChI is InChI=1S/C21H20ClN3O4/c22-17-8-4-15(5-9-17)14-19(21(27)24-12-2-1-3-13-24)23-20(26)16-6-10-18(11-7-16)25(28)29/h4-11,14H,1-3,12-13H2,(H,23,26). The summed E-state index contributed by atoms with van der Waals surface area (Å²) in [6.45, 7) is 1.29. The van der Waals surface area contributed by atoms with Gasteiger partial charge in [0.25, 0.3) is 17.5 Å². The number of nitrogens with one attached hydrogen (secondary N) is 1. The monoisotopic (exact) mass is 413 g/mol. The number of benzene rings is 2. The van der Waals surface area contributed by atoms with E-state index >= 15 is 0 Å². The number of nitro groups is 1. The van der Waals surface area contributed by atoms with E-state index in [1.807, 2.05) is 0 Å². The maximum atomic E-state index is 13.0. The molecule has 0 unspecified atom stereocenters. The number of nitro benzene ring substituents is 1. The largest absolute Gasteiger partial charge is 0.337 e. The third-order valence-corrected chi connectivity index (χ3v) is 4.90. The molecule has 8 heteroatoms. The van der Waals surface area contributed by atoms with Crippen LogP contribution in [-0.4, -0.2) is 34.7 Å². The minimum atomic E-state index is -0.534. The molecule has 3 rings (SSSR count). The Bertz CT molecular complexity index is 933. The number of non-ortho nitro benzene ring substituents is 1. The Balaban J connectivity index is 1.85. The summed E-state index contributed by atoms with van der Waals surface area (Å²) in [5.41, 5.74) is 0.989. The van der Waals surface area contributed by atoms with Crippen molar-refractivity contribution in [2.75, 3.05) is 13.1 Å². The molecule has 7 nitrogen and oxygen atoms in total. The minimum Gasteiger partial charge on any atom is -0.337 e. The van der Waals surface area contributed by atoms with Crippen molar-refractivity contribution < 1.29 is 14.5 Å². The highest BCUT2D eigenvalue weighted by atomic mass is 35.5. The van der Waals surface area contributed by atoms with Crippen LogP contribution in [0.4, 0.5) is 5.69 Å². The van der Waals surface area contributed by atoms with Crippen LogP contribution in [0.3, 0.4) is 0 Å². The van der Waals surface area contributed by atoms with E-state index in [2.05, 4.69) is 5.32 Å². The zero-order valence-electron chi connectivity index (χ0n) is 15.6. The molecule has 1 N–H and O–H groups in total.